The Bertz CT molecular complexity index is 225. The van der Waals surface area contributed by atoms with Crippen molar-refractivity contribution >= 4 is 0 Å². The molecule has 16 heavy (non-hydrogen) atoms. The summed E-state index contributed by atoms with van der Waals surface area (Å²) < 4.78 is 5.79. The highest BCUT2D eigenvalue weighted by Crippen LogP contribution is 2.38. The summed E-state index contributed by atoms with van der Waals surface area (Å²) in [6, 6.07) is 0. The average Bonchev–Trinajstić information content (AvgIpc) is 2.63. The maximum absolute atomic E-state index is 5.79. The summed E-state index contributed by atoms with van der Waals surface area (Å²) in [5.74, 6) is 0. The molecule has 2 saturated heterocycles. The van der Waals surface area contributed by atoms with Gasteiger partial charge in [0, 0.05) is 24.2 Å². The van der Waals surface area contributed by atoms with Crippen LogP contribution in [0.15, 0.2) is 0 Å². The molecule has 2 aliphatic heterocycles. The highest BCUT2D eigenvalue weighted by atomic mass is 16.5. The second-order valence-electron chi connectivity index (χ2n) is 6.57. The molecule has 2 fully saturated rings. The molecule has 1 radical (unpaired) electrons. The second kappa shape index (κ2) is 4.30. The monoisotopic (exact) mass is 224 g/mol. The van der Waals surface area contributed by atoms with Crippen LogP contribution >= 0.6 is 0 Å². The largest absolute Gasteiger partial charge is 0.377 e. The molecule has 0 saturated carbocycles. The van der Waals surface area contributed by atoms with E-state index in [4.69, 9.17) is 4.74 Å². The van der Waals surface area contributed by atoms with Crippen molar-refractivity contribution in [3.8, 4) is 0 Å². The molecule has 0 bridgehead atoms. The predicted octanol–water partition coefficient (Wildman–Crippen LogP) is 3.02. The third kappa shape index (κ3) is 2.43. The summed E-state index contributed by atoms with van der Waals surface area (Å²) in [6.45, 7) is 11.5. The van der Waals surface area contributed by atoms with Gasteiger partial charge in [-0.05, 0) is 59.8 Å². The van der Waals surface area contributed by atoms with Gasteiger partial charge in [-0.25, -0.2) is 0 Å². The summed E-state index contributed by atoms with van der Waals surface area (Å²) >= 11 is 0. The van der Waals surface area contributed by atoms with Crippen molar-refractivity contribution in [1.29, 1.82) is 0 Å². The fourth-order valence-electron chi connectivity index (χ4n) is 3.30. The molecule has 0 unspecified atom stereocenters. The number of ether oxygens (including phenoxy) is 1. The lowest BCUT2D eigenvalue weighted by molar-refractivity contribution is -0.0448. The van der Waals surface area contributed by atoms with Gasteiger partial charge in [-0.15, -0.1) is 0 Å². The van der Waals surface area contributed by atoms with Gasteiger partial charge in [0.15, 0.2) is 0 Å². The van der Waals surface area contributed by atoms with E-state index >= 15 is 0 Å². The lowest BCUT2D eigenvalue weighted by Crippen LogP contribution is -2.60. The molecule has 93 valence electrons. The number of piperidine rings is 1. The molecule has 2 heteroatoms. The van der Waals surface area contributed by atoms with Gasteiger partial charge in [-0.3, -0.25) is 4.90 Å². The lowest BCUT2D eigenvalue weighted by atomic mass is 9.79. The molecule has 0 aromatic heterocycles. The molecule has 2 aliphatic rings. The number of hydrogen-bond acceptors (Lipinski definition) is 2. The van der Waals surface area contributed by atoms with Crippen molar-refractivity contribution in [3.05, 3.63) is 6.42 Å². The topological polar surface area (TPSA) is 12.5 Å². The Morgan fingerprint density at radius 1 is 1.19 bits per heavy atom. The Morgan fingerprint density at radius 3 is 2.31 bits per heavy atom. The Kier molecular flexibility index (Phi) is 3.33. The molecule has 0 amide bonds. The molecule has 0 spiro atoms. The van der Waals surface area contributed by atoms with E-state index in [-0.39, 0.29) is 11.1 Å². The fourth-order valence-corrected chi connectivity index (χ4v) is 3.30. The van der Waals surface area contributed by atoms with Crippen molar-refractivity contribution in [2.24, 2.45) is 0 Å². The van der Waals surface area contributed by atoms with E-state index in [1.807, 2.05) is 0 Å². The van der Waals surface area contributed by atoms with Crippen LogP contribution in [0.1, 0.15) is 53.4 Å². The summed E-state index contributed by atoms with van der Waals surface area (Å²) in [5.41, 5.74) is 0.571. The highest BCUT2D eigenvalue weighted by Gasteiger charge is 2.42. The molecule has 2 heterocycles. The van der Waals surface area contributed by atoms with E-state index in [0.29, 0.717) is 6.10 Å². The maximum Gasteiger partial charge on any atom is 0.0703 e. The third-order valence-corrected chi connectivity index (χ3v) is 4.16. The van der Waals surface area contributed by atoms with Crippen LogP contribution in [-0.2, 0) is 4.74 Å². The number of nitrogens with zero attached hydrogens (tertiary/aromatic N) is 1. The first-order valence-electron chi connectivity index (χ1n) is 6.63. The quantitative estimate of drug-likeness (QED) is 0.715. The van der Waals surface area contributed by atoms with Crippen LogP contribution in [0.2, 0.25) is 0 Å². The van der Waals surface area contributed by atoms with Crippen molar-refractivity contribution in [1.82, 2.24) is 4.90 Å². The van der Waals surface area contributed by atoms with Crippen molar-refractivity contribution in [3.63, 3.8) is 0 Å². The summed E-state index contributed by atoms with van der Waals surface area (Å²) in [6.07, 6.45) is 7.80. The predicted molar refractivity (Wildman–Crippen MR) is 67.4 cm³/mol. The standard InChI is InChI=1S/C14H26NO/c1-13(2)8-6-9-14(3,4)15(13)11-12-7-5-10-16-12/h6,12H,5,7-11H2,1-4H3/t12-/m1/s1. The molecule has 2 nitrogen and oxygen atoms in total. The maximum atomic E-state index is 5.79. The van der Waals surface area contributed by atoms with Crippen LogP contribution in [0.25, 0.3) is 0 Å². The first-order chi connectivity index (χ1) is 7.42. The van der Waals surface area contributed by atoms with Gasteiger partial charge < -0.3 is 4.74 Å². The Morgan fingerprint density at radius 2 is 1.81 bits per heavy atom. The minimum atomic E-state index is 0.285. The van der Waals surface area contributed by atoms with Crippen LogP contribution < -0.4 is 0 Å². The SMILES string of the molecule is CC1(C)C[CH]CC(C)(C)N1C[C@H]1CCCO1. The van der Waals surface area contributed by atoms with Crippen molar-refractivity contribution < 1.29 is 4.74 Å². The van der Waals surface area contributed by atoms with Gasteiger partial charge in [0.2, 0.25) is 0 Å². The van der Waals surface area contributed by atoms with Gasteiger partial charge in [-0.2, -0.15) is 0 Å². The van der Waals surface area contributed by atoms with Gasteiger partial charge in [0.05, 0.1) is 6.10 Å². The van der Waals surface area contributed by atoms with Crippen molar-refractivity contribution in [2.45, 2.75) is 70.6 Å². The third-order valence-electron chi connectivity index (χ3n) is 4.16. The Hall–Kier alpha value is -0.0800. The zero-order valence-electron chi connectivity index (χ0n) is 11.3. The number of rotatable bonds is 2. The number of likely N-dealkylation sites (tertiary alicyclic amines) is 1. The fraction of sp³-hybridized carbons (Fsp3) is 0.929. The minimum Gasteiger partial charge on any atom is -0.377 e. The summed E-state index contributed by atoms with van der Waals surface area (Å²) in [5, 5.41) is 0. The molecule has 2 rings (SSSR count). The van der Waals surface area contributed by atoms with Crippen LogP contribution in [0, 0.1) is 6.42 Å². The first-order valence-corrected chi connectivity index (χ1v) is 6.63. The number of hydrogen-bond donors (Lipinski definition) is 0. The van der Waals surface area contributed by atoms with E-state index in [1.54, 1.807) is 0 Å². The minimum absolute atomic E-state index is 0.285. The molecular weight excluding hydrogens is 198 g/mol. The second-order valence-corrected chi connectivity index (χ2v) is 6.57. The highest BCUT2D eigenvalue weighted by molar-refractivity contribution is 5.03. The summed E-state index contributed by atoms with van der Waals surface area (Å²) in [4.78, 5) is 2.66. The molecule has 1 atom stereocenters. The van der Waals surface area contributed by atoms with Gasteiger partial charge >= 0.3 is 0 Å². The van der Waals surface area contributed by atoms with Crippen LogP contribution in [0.3, 0.4) is 0 Å². The first kappa shape index (κ1) is 12.4. The van der Waals surface area contributed by atoms with Crippen LogP contribution in [-0.4, -0.2) is 35.2 Å². The summed E-state index contributed by atoms with van der Waals surface area (Å²) in [7, 11) is 0. The van der Waals surface area contributed by atoms with Crippen molar-refractivity contribution in [2.75, 3.05) is 13.2 Å². The van der Waals surface area contributed by atoms with Crippen LogP contribution in [0.4, 0.5) is 0 Å². The zero-order chi connectivity index (χ0) is 11.8. The molecule has 0 N–H and O–H groups in total. The van der Waals surface area contributed by atoms with Crippen LogP contribution in [0.5, 0.6) is 0 Å². The lowest BCUT2D eigenvalue weighted by Gasteiger charge is -2.53. The normalized spacial score (nSPS) is 34.1. The van der Waals surface area contributed by atoms with Gasteiger partial charge in [0.1, 0.15) is 0 Å². The van der Waals surface area contributed by atoms with Gasteiger partial charge in [-0.1, -0.05) is 0 Å². The Labute approximate surface area is 100 Å². The van der Waals surface area contributed by atoms with E-state index in [0.717, 1.165) is 13.2 Å². The average molecular weight is 224 g/mol. The molecule has 0 aromatic carbocycles. The van der Waals surface area contributed by atoms with E-state index < -0.39 is 0 Å². The molecular formula is C14H26NO. The molecule has 0 aromatic rings. The van der Waals surface area contributed by atoms with E-state index in [9.17, 15) is 0 Å². The molecule has 0 aliphatic carbocycles. The zero-order valence-corrected chi connectivity index (χ0v) is 11.3. The van der Waals surface area contributed by atoms with E-state index in [2.05, 4.69) is 39.0 Å². The van der Waals surface area contributed by atoms with E-state index in [1.165, 1.54) is 25.7 Å². The Balaban J connectivity index is 2.06. The van der Waals surface area contributed by atoms with Gasteiger partial charge in [0.25, 0.3) is 0 Å². The smallest absolute Gasteiger partial charge is 0.0703 e.